The first-order valence-corrected chi connectivity index (χ1v) is 9.60. The molecule has 3 rings (SSSR count). The van der Waals surface area contributed by atoms with Gasteiger partial charge in [-0.15, -0.1) is 0 Å². The zero-order chi connectivity index (χ0) is 19.9. The van der Waals surface area contributed by atoms with Gasteiger partial charge in [-0.05, 0) is 61.5 Å². The van der Waals surface area contributed by atoms with Crippen molar-refractivity contribution in [3.63, 3.8) is 0 Å². The smallest absolute Gasteiger partial charge is 0.262 e. The summed E-state index contributed by atoms with van der Waals surface area (Å²) in [6, 6.07) is 14.9. The first-order valence-electron chi connectivity index (χ1n) is 9.60. The van der Waals surface area contributed by atoms with E-state index in [-0.39, 0.29) is 12.5 Å². The zero-order valence-corrected chi connectivity index (χ0v) is 16.4. The molecule has 0 aromatic heterocycles. The zero-order valence-electron chi connectivity index (χ0n) is 16.4. The lowest BCUT2D eigenvalue weighted by molar-refractivity contribution is -0.118. The van der Waals surface area contributed by atoms with Crippen molar-refractivity contribution in [2.24, 2.45) is 0 Å². The molecule has 1 aliphatic rings. The molecule has 0 radical (unpaired) electrons. The number of ether oxygens (including phenoxy) is 1. The Morgan fingerprint density at radius 1 is 1.14 bits per heavy atom. The fourth-order valence-electron chi connectivity index (χ4n) is 3.27. The average molecular weight is 378 g/mol. The van der Waals surface area contributed by atoms with E-state index in [1.54, 1.807) is 24.3 Å². The molecule has 1 fully saturated rings. The van der Waals surface area contributed by atoms with Gasteiger partial charge in [-0.2, -0.15) is 5.26 Å². The van der Waals surface area contributed by atoms with Gasteiger partial charge in [-0.25, -0.2) is 0 Å². The predicted molar refractivity (Wildman–Crippen MR) is 111 cm³/mol. The minimum absolute atomic E-state index is 0.0773. The summed E-state index contributed by atoms with van der Waals surface area (Å²) >= 11 is 0. The monoisotopic (exact) mass is 378 g/mol. The van der Waals surface area contributed by atoms with Crippen molar-refractivity contribution in [2.75, 3.05) is 49.5 Å². The summed E-state index contributed by atoms with van der Waals surface area (Å²) < 4.78 is 5.48. The second-order valence-corrected chi connectivity index (χ2v) is 6.89. The number of hydrogen-bond donors (Lipinski definition) is 1. The van der Waals surface area contributed by atoms with Crippen LogP contribution < -0.4 is 15.0 Å². The van der Waals surface area contributed by atoms with E-state index >= 15 is 0 Å². The van der Waals surface area contributed by atoms with Crippen molar-refractivity contribution in [3.05, 3.63) is 53.6 Å². The van der Waals surface area contributed by atoms with Gasteiger partial charge in [0.15, 0.2) is 6.61 Å². The van der Waals surface area contributed by atoms with Gasteiger partial charge in [-0.3, -0.25) is 4.79 Å². The van der Waals surface area contributed by atoms with Crippen LogP contribution in [0.15, 0.2) is 42.5 Å². The minimum Gasteiger partial charge on any atom is -0.484 e. The standard InChI is InChI=1S/C22H26N4O2/c1-3-25-10-12-26(13-11-25)19-6-9-21(17(2)14-19)24-22(27)16-28-20-7-4-18(15-23)5-8-20/h4-9,14H,3,10-13,16H2,1-2H3,(H,24,27). The summed E-state index contributed by atoms with van der Waals surface area (Å²) in [6.45, 7) is 9.44. The van der Waals surface area contributed by atoms with Crippen LogP contribution in [0, 0.1) is 18.3 Å². The molecule has 0 atom stereocenters. The highest BCUT2D eigenvalue weighted by atomic mass is 16.5. The minimum atomic E-state index is -0.211. The molecule has 0 aliphatic carbocycles. The average Bonchev–Trinajstić information content (AvgIpc) is 2.74. The third-order valence-electron chi connectivity index (χ3n) is 5.02. The predicted octanol–water partition coefficient (Wildman–Crippen LogP) is 3.03. The van der Waals surface area contributed by atoms with Crippen molar-refractivity contribution in [2.45, 2.75) is 13.8 Å². The number of aryl methyl sites for hydroxylation is 1. The number of anilines is 2. The van der Waals surface area contributed by atoms with Crippen molar-refractivity contribution < 1.29 is 9.53 Å². The molecule has 1 amide bonds. The van der Waals surface area contributed by atoms with Gasteiger partial charge in [0, 0.05) is 37.6 Å². The van der Waals surface area contributed by atoms with E-state index in [1.807, 2.05) is 13.0 Å². The molecule has 6 heteroatoms. The van der Waals surface area contributed by atoms with E-state index in [1.165, 1.54) is 5.69 Å². The molecule has 2 aromatic carbocycles. The topological polar surface area (TPSA) is 68.6 Å². The molecule has 0 spiro atoms. The SMILES string of the molecule is CCN1CCN(c2ccc(NC(=O)COc3ccc(C#N)cc3)c(C)c2)CC1. The van der Waals surface area contributed by atoms with Gasteiger partial charge >= 0.3 is 0 Å². The molecular weight excluding hydrogens is 352 g/mol. The molecule has 0 unspecified atom stereocenters. The molecule has 0 bridgehead atoms. The first kappa shape index (κ1) is 19.7. The normalized spacial score (nSPS) is 14.4. The Kier molecular flexibility index (Phi) is 6.51. The molecule has 1 heterocycles. The largest absolute Gasteiger partial charge is 0.484 e. The van der Waals surface area contributed by atoms with E-state index in [4.69, 9.17) is 10.00 Å². The molecule has 1 aliphatic heterocycles. The summed E-state index contributed by atoms with van der Waals surface area (Å²) in [5, 5.41) is 11.7. The molecule has 2 aromatic rings. The first-order chi connectivity index (χ1) is 13.6. The van der Waals surface area contributed by atoms with E-state index in [0.29, 0.717) is 11.3 Å². The third kappa shape index (κ3) is 5.02. The van der Waals surface area contributed by atoms with Crippen LogP contribution in [0.1, 0.15) is 18.1 Å². The third-order valence-corrected chi connectivity index (χ3v) is 5.02. The van der Waals surface area contributed by atoms with Crippen LogP contribution in [0.4, 0.5) is 11.4 Å². The molecule has 28 heavy (non-hydrogen) atoms. The number of carbonyl (C=O) groups excluding carboxylic acids is 1. The maximum Gasteiger partial charge on any atom is 0.262 e. The van der Waals surface area contributed by atoms with Gasteiger partial charge in [-0.1, -0.05) is 6.92 Å². The lowest BCUT2D eigenvalue weighted by Gasteiger charge is -2.35. The van der Waals surface area contributed by atoms with E-state index in [2.05, 4.69) is 40.2 Å². The number of likely N-dealkylation sites (N-methyl/N-ethyl adjacent to an activating group) is 1. The van der Waals surface area contributed by atoms with Crippen LogP contribution in [0.25, 0.3) is 0 Å². The Morgan fingerprint density at radius 2 is 1.86 bits per heavy atom. The van der Waals surface area contributed by atoms with Crippen LogP contribution in [-0.2, 0) is 4.79 Å². The number of carbonyl (C=O) groups is 1. The van der Waals surface area contributed by atoms with Crippen LogP contribution in [0.2, 0.25) is 0 Å². The van der Waals surface area contributed by atoms with Crippen LogP contribution in [0.3, 0.4) is 0 Å². The van der Waals surface area contributed by atoms with Gasteiger partial charge in [0.05, 0.1) is 11.6 Å². The Hall–Kier alpha value is -3.04. The lowest BCUT2D eigenvalue weighted by Crippen LogP contribution is -2.46. The number of hydrogen-bond acceptors (Lipinski definition) is 5. The molecule has 1 saturated heterocycles. The van der Waals surface area contributed by atoms with Gasteiger partial charge < -0.3 is 19.9 Å². The summed E-state index contributed by atoms with van der Waals surface area (Å²) in [4.78, 5) is 17.1. The van der Waals surface area contributed by atoms with Crippen LogP contribution in [-0.4, -0.2) is 50.1 Å². The highest BCUT2D eigenvalue weighted by molar-refractivity contribution is 5.92. The van der Waals surface area contributed by atoms with Crippen LogP contribution in [0.5, 0.6) is 5.75 Å². The van der Waals surface area contributed by atoms with E-state index in [9.17, 15) is 4.79 Å². The fraction of sp³-hybridized carbons (Fsp3) is 0.364. The van der Waals surface area contributed by atoms with Crippen molar-refractivity contribution in [1.82, 2.24) is 4.90 Å². The number of nitriles is 1. The van der Waals surface area contributed by atoms with Gasteiger partial charge in [0.2, 0.25) is 0 Å². The van der Waals surface area contributed by atoms with E-state index in [0.717, 1.165) is 44.0 Å². The Labute approximate surface area is 166 Å². The molecule has 0 saturated carbocycles. The number of amides is 1. The van der Waals surface area contributed by atoms with Gasteiger partial charge in [0.25, 0.3) is 5.91 Å². The molecule has 146 valence electrons. The maximum absolute atomic E-state index is 12.2. The number of benzene rings is 2. The van der Waals surface area contributed by atoms with Crippen molar-refractivity contribution >= 4 is 17.3 Å². The summed E-state index contributed by atoms with van der Waals surface area (Å²) in [5.41, 5.74) is 3.58. The highest BCUT2D eigenvalue weighted by Crippen LogP contribution is 2.24. The molecular formula is C22H26N4O2. The Balaban J connectivity index is 1.53. The summed E-state index contributed by atoms with van der Waals surface area (Å²) in [7, 11) is 0. The van der Waals surface area contributed by atoms with Crippen LogP contribution >= 0.6 is 0 Å². The molecule has 1 N–H and O–H groups in total. The van der Waals surface area contributed by atoms with E-state index < -0.39 is 0 Å². The second kappa shape index (κ2) is 9.25. The quantitative estimate of drug-likeness (QED) is 0.837. The number of piperazine rings is 1. The number of nitrogens with one attached hydrogen (secondary N) is 1. The highest BCUT2D eigenvalue weighted by Gasteiger charge is 2.16. The number of nitrogens with zero attached hydrogens (tertiary/aromatic N) is 3. The van der Waals surface area contributed by atoms with Gasteiger partial charge in [0.1, 0.15) is 5.75 Å². The molecule has 6 nitrogen and oxygen atoms in total. The van der Waals surface area contributed by atoms with Crippen molar-refractivity contribution in [3.8, 4) is 11.8 Å². The second-order valence-electron chi connectivity index (χ2n) is 6.89. The number of rotatable bonds is 6. The fourth-order valence-corrected chi connectivity index (χ4v) is 3.27. The Morgan fingerprint density at radius 3 is 2.46 bits per heavy atom. The lowest BCUT2D eigenvalue weighted by atomic mass is 10.1. The summed E-state index contributed by atoms with van der Waals surface area (Å²) in [6.07, 6.45) is 0. The maximum atomic E-state index is 12.2. The Bertz CT molecular complexity index is 850. The van der Waals surface area contributed by atoms with Crippen molar-refractivity contribution in [1.29, 1.82) is 5.26 Å². The summed E-state index contributed by atoms with van der Waals surface area (Å²) in [5.74, 6) is 0.351.